The monoisotopic (exact) mass is 376 g/mol. The summed E-state index contributed by atoms with van der Waals surface area (Å²) in [5.74, 6) is 1.25. The van der Waals surface area contributed by atoms with Gasteiger partial charge >= 0.3 is 0 Å². The Bertz CT molecular complexity index is 958. The molecule has 8 nitrogen and oxygen atoms in total. The summed E-state index contributed by atoms with van der Waals surface area (Å²) in [5, 5.41) is 0. The fourth-order valence-electron chi connectivity index (χ4n) is 3.30. The molecule has 0 bridgehead atoms. The summed E-state index contributed by atoms with van der Waals surface area (Å²) in [6.07, 6.45) is 11.2. The zero-order valence-corrected chi connectivity index (χ0v) is 15.5. The van der Waals surface area contributed by atoms with Gasteiger partial charge in [-0.25, -0.2) is 9.97 Å². The van der Waals surface area contributed by atoms with Crippen molar-refractivity contribution in [1.82, 2.24) is 29.8 Å². The summed E-state index contributed by atoms with van der Waals surface area (Å²) in [4.78, 5) is 35.6. The predicted octanol–water partition coefficient (Wildman–Crippen LogP) is 2.78. The van der Waals surface area contributed by atoms with Gasteiger partial charge < -0.3 is 9.64 Å². The molecule has 142 valence electrons. The maximum atomic E-state index is 12.6. The van der Waals surface area contributed by atoms with Crippen molar-refractivity contribution in [2.45, 2.75) is 25.7 Å². The summed E-state index contributed by atoms with van der Waals surface area (Å²) in [6, 6.07) is 3.69. The number of likely N-dealkylation sites (tertiary alicyclic amines) is 1. The number of carbonyl (C=O) groups excluding carboxylic acids is 1. The van der Waals surface area contributed by atoms with E-state index in [4.69, 9.17) is 4.74 Å². The van der Waals surface area contributed by atoms with E-state index in [1.54, 1.807) is 24.8 Å². The lowest BCUT2D eigenvalue weighted by atomic mass is 9.93. The lowest BCUT2D eigenvalue weighted by Gasteiger charge is -2.31. The van der Waals surface area contributed by atoms with E-state index in [9.17, 15) is 4.79 Å². The summed E-state index contributed by atoms with van der Waals surface area (Å²) in [7, 11) is 0. The maximum Gasteiger partial charge on any atom is 0.274 e. The van der Waals surface area contributed by atoms with E-state index in [0.717, 1.165) is 24.2 Å². The molecule has 1 aliphatic rings. The lowest BCUT2D eigenvalue weighted by Crippen LogP contribution is -2.38. The number of pyridine rings is 1. The van der Waals surface area contributed by atoms with Gasteiger partial charge in [-0.05, 0) is 31.9 Å². The fourth-order valence-corrected chi connectivity index (χ4v) is 3.30. The van der Waals surface area contributed by atoms with Gasteiger partial charge in [0.1, 0.15) is 11.4 Å². The highest BCUT2D eigenvalue weighted by atomic mass is 16.5. The molecule has 1 amide bonds. The minimum atomic E-state index is -0.0897. The van der Waals surface area contributed by atoms with Gasteiger partial charge in [-0.15, -0.1) is 0 Å². The first-order valence-electron chi connectivity index (χ1n) is 9.18. The van der Waals surface area contributed by atoms with Crippen molar-refractivity contribution in [1.29, 1.82) is 0 Å². The average molecular weight is 376 g/mol. The Morgan fingerprint density at radius 3 is 2.57 bits per heavy atom. The highest BCUT2D eigenvalue weighted by Gasteiger charge is 2.28. The van der Waals surface area contributed by atoms with Gasteiger partial charge in [-0.1, -0.05) is 0 Å². The second kappa shape index (κ2) is 8.08. The van der Waals surface area contributed by atoms with Crippen LogP contribution in [0.2, 0.25) is 0 Å². The molecule has 0 atom stereocenters. The highest BCUT2D eigenvalue weighted by molar-refractivity contribution is 5.92. The zero-order chi connectivity index (χ0) is 19.3. The molecule has 1 saturated heterocycles. The number of ether oxygens (including phenoxy) is 1. The van der Waals surface area contributed by atoms with Crippen LogP contribution in [0.3, 0.4) is 0 Å². The van der Waals surface area contributed by atoms with Crippen LogP contribution in [0.1, 0.15) is 40.6 Å². The van der Waals surface area contributed by atoms with Gasteiger partial charge in [0.15, 0.2) is 5.75 Å². The molecule has 0 unspecified atom stereocenters. The van der Waals surface area contributed by atoms with Crippen molar-refractivity contribution < 1.29 is 9.53 Å². The molecule has 1 aliphatic heterocycles. The number of piperidine rings is 1. The van der Waals surface area contributed by atoms with Crippen LogP contribution < -0.4 is 4.74 Å². The van der Waals surface area contributed by atoms with Crippen LogP contribution >= 0.6 is 0 Å². The normalized spacial score (nSPS) is 14.7. The molecular weight excluding hydrogens is 356 g/mol. The van der Waals surface area contributed by atoms with Crippen molar-refractivity contribution in [2.24, 2.45) is 0 Å². The molecule has 4 heterocycles. The van der Waals surface area contributed by atoms with E-state index < -0.39 is 0 Å². The lowest BCUT2D eigenvalue weighted by molar-refractivity contribution is 0.0705. The van der Waals surface area contributed by atoms with Crippen LogP contribution in [-0.4, -0.2) is 48.8 Å². The topological polar surface area (TPSA) is 94.0 Å². The molecule has 3 aromatic heterocycles. The van der Waals surface area contributed by atoms with E-state index in [0.29, 0.717) is 30.4 Å². The second-order valence-corrected chi connectivity index (χ2v) is 6.59. The summed E-state index contributed by atoms with van der Waals surface area (Å²) in [6.45, 7) is 3.14. The van der Waals surface area contributed by atoms with E-state index in [-0.39, 0.29) is 11.8 Å². The quantitative estimate of drug-likeness (QED) is 0.691. The molecule has 0 saturated carbocycles. The molecule has 0 aromatic carbocycles. The van der Waals surface area contributed by atoms with Crippen LogP contribution in [0.15, 0.2) is 49.3 Å². The van der Waals surface area contributed by atoms with Gasteiger partial charge in [0, 0.05) is 50.0 Å². The van der Waals surface area contributed by atoms with Gasteiger partial charge in [0.25, 0.3) is 5.91 Å². The van der Waals surface area contributed by atoms with Gasteiger partial charge in [-0.3, -0.25) is 19.7 Å². The molecule has 3 aromatic rings. The third-order valence-corrected chi connectivity index (χ3v) is 4.81. The molecule has 0 spiro atoms. The third kappa shape index (κ3) is 3.80. The number of rotatable bonds is 4. The Hall–Kier alpha value is -3.42. The SMILES string of the molecule is Cc1ncccc1Oc1nccnc1C1CCN(C(=O)c2cnccn2)CC1. The largest absolute Gasteiger partial charge is 0.435 e. The molecular formula is C20H20N6O2. The fraction of sp³-hybridized carbons (Fsp3) is 0.300. The number of aryl methyl sites for hydroxylation is 1. The van der Waals surface area contributed by atoms with E-state index in [2.05, 4.69) is 24.9 Å². The number of hydrogen-bond acceptors (Lipinski definition) is 7. The molecule has 8 heteroatoms. The molecule has 0 N–H and O–H groups in total. The number of hydrogen-bond donors (Lipinski definition) is 0. The molecule has 28 heavy (non-hydrogen) atoms. The van der Waals surface area contributed by atoms with Gasteiger partial charge in [0.05, 0.1) is 11.9 Å². The van der Waals surface area contributed by atoms with E-state index in [1.165, 1.54) is 12.4 Å². The Kier molecular flexibility index (Phi) is 5.18. The van der Waals surface area contributed by atoms with Crippen LogP contribution in [0.25, 0.3) is 0 Å². The van der Waals surface area contributed by atoms with Gasteiger partial charge in [-0.2, -0.15) is 0 Å². The summed E-state index contributed by atoms with van der Waals surface area (Å²) >= 11 is 0. The zero-order valence-electron chi connectivity index (χ0n) is 15.5. The van der Waals surface area contributed by atoms with E-state index in [1.807, 2.05) is 24.0 Å². The van der Waals surface area contributed by atoms with Gasteiger partial charge in [0.2, 0.25) is 5.88 Å². The Morgan fingerprint density at radius 2 is 1.82 bits per heavy atom. The number of amides is 1. The van der Waals surface area contributed by atoms with Crippen molar-refractivity contribution in [2.75, 3.05) is 13.1 Å². The number of aromatic nitrogens is 5. The smallest absolute Gasteiger partial charge is 0.274 e. The maximum absolute atomic E-state index is 12.6. The van der Waals surface area contributed by atoms with Crippen LogP contribution in [0.4, 0.5) is 0 Å². The second-order valence-electron chi connectivity index (χ2n) is 6.59. The van der Waals surface area contributed by atoms with Crippen LogP contribution in [0.5, 0.6) is 11.6 Å². The molecule has 1 fully saturated rings. The molecule has 0 aliphatic carbocycles. The summed E-state index contributed by atoms with van der Waals surface area (Å²) in [5.41, 5.74) is 1.98. The van der Waals surface area contributed by atoms with E-state index >= 15 is 0 Å². The highest BCUT2D eigenvalue weighted by Crippen LogP contribution is 2.34. The van der Waals surface area contributed by atoms with Crippen molar-refractivity contribution in [3.8, 4) is 11.6 Å². The average Bonchev–Trinajstić information content (AvgIpc) is 2.76. The predicted molar refractivity (Wildman–Crippen MR) is 101 cm³/mol. The first-order valence-corrected chi connectivity index (χ1v) is 9.18. The van der Waals surface area contributed by atoms with Crippen LogP contribution in [-0.2, 0) is 0 Å². The third-order valence-electron chi connectivity index (χ3n) is 4.81. The minimum Gasteiger partial charge on any atom is -0.435 e. The van der Waals surface area contributed by atoms with Crippen molar-refractivity contribution >= 4 is 5.91 Å². The number of carbonyl (C=O) groups is 1. The Labute approximate surface area is 162 Å². The van der Waals surface area contributed by atoms with Crippen molar-refractivity contribution in [3.63, 3.8) is 0 Å². The standard InChI is InChI=1S/C20H20N6O2/c1-14-17(3-2-6-22-14)28-19-18(24-9-10-25-19)15-4-11-26(12-5-15)20(27)16-13-21-7-8-23-16/h2-3,6-10,13,15H,4-5,11-12H2,1H3. The number of nitrogens with zero attached hydrogens (tertiary/aromatic N) is 6. The Balaban J connectivity index is 1.47. The first-order chi connectivity index (χ1) is 13.7. The van der Waals surface area contributed by atoms with Crippen molar-refractivity contribution in [3.05, 3.63) is 66.4 Å². The Morgan fingerprint density at radius 1 is 1.04 bits per heavy atom. The molecule has 0 radical (unpaired) electrons. The van der Waals surface area contributed by atoms with Crippen LogP contribution in [0, 0.1) is 6.92 Å². The minimum absolute atomic E-state index is 0.0897. The first kappa shape index (κ1) is 18.0. The molecule has 4 rings (SSSR count). The summed E-state index contributed by atoms with van der Waals surface area (Å²) < 4.78 is 6.00.